The molecular weight excluding hydrogens is 318 g/mol. The molecule has 0 aliphatic heterocycles. The maximum atomic E-state index is 12.7. The van der Waals surface area contributed by atoms with Crippen LogP contribution < -0.4 is 5.32 Å². The third-order valence-electron chi connectivity index (χ3n) is 4.40. The topological polar surface area (TPSA) is 86.3 Å². The van der Waals surface area contributed by atoms with Gasteiger partial charge in [-0.1, -0.05) is 12.8 Å². The van der Waals surface area contributed by atoms with Gasteiger partial charge in [0.2, 0.25) is 0 Å². The molecule has 1 aromatic carbocycles. The summed E-state index contributed by atoms with van der Waals surface area (Å²) in [5, 5.41) is 11.4. The van der Waals surface area contributed by atoms with Crippen molar-refractivity contribution in [3.8, 4) is 6.07 Å². The third-order valence-corrected chi connectivity index (χ3v) is 4.40. The van der Waals surface area contributed by atoms with E-state index in [9.17, 15) is 9.59 Å². The molecule has 0 bridgehead atoms. The Morgan fingerprint density at radius 3 is 2.52 bits per heavy atom. The minimum Gasteiger partial charge on any atom is -0.467 e. The Morgan fingerprint density at radius 1 is 1.20 bits per heavy atom. The molecule has 2 aromatic rings. The van der Waals surface area contributed by atoms with Crippen molar-refractivity contribution in [2.75, 3.05) is 5.32 Å². The van der Waals surface area contributed by atoms with E-state index in [0.29, 0.717) is 17.0 Å². The van der Waals surface area contributed by atoms with E-state index in [4.69, 9.17) is 9.68 Å². The Kier molecular flexibility index (Phi) is 5.14. The molecule has 6 heteroatoms. The van der Waals surface area contributed by atoms with Crippen molar-refractivity contribution in [2.45, 2.75) is 38.3 Å². The Morgan fingerprint density at radius 2 is 1.92 bits per heavy atom. The number of anilines is 1. The van der Waals surface area contributed by atoms with E-state index < -0.39 is 11.8 Å². The quantitative estimate of drug-likeness (QED) is 0.869. The number of carbonyl (C=O) groups is 2. The van der Waals surface area contributed by atoms with E-state index >= 15 is 0 Å². The summed E-state index contributed by atoms with van der Waals surface area (Å²) in [7, 11) is 0. The number of amides is 2. The molecule has 0 spiro atoms. The molecule has 0 atom stereocenters. The van der Waals surface area contributed by atoms with Crippen molar-refractivity contribution in [1.29, 1.82) is 5.26 Å². The second-order valence-electron chi connectivity index (χ2n) is 6.09. The number of hydrogen-bond donors (Lipinski definition) is 1. The number of nitrogens with zero attached hydrogens (tertiary/aromatic N) is 2. The highest BCUT2D eigenvalue weighted by molar-refractivity contribution is 6.39. The van der Waals surface area contributed by atoms with Gasteiger partial charge in [-0.05, 0) is 49.2 Å². The maximum Gasteiger partial charge on any atom is 0.313 e. The van der Waals surface area contributed by atoms with Crippen LogP contribution in [-0.2, 0) is 16.1 Å². The summed E-state index contributed by atoms with van der Waals surface area (Å²) in [5.74, 6) is -0.581. The standard InChI is InChI=1S/C19H19N3O3/c20-12-14-7-9-15(10-8-14)21-18(23)19(24)22(16-4-1-2-5-16)13-17-6-3-11-25-17/h3,6-11,16H,1-2,4-5,13H2,(H,21,23). The van der Waals surface area contributed by atoms with Crippen LogP contribution in [0.15, 0.2) is 47.1 Å². The Labute approximate surface area is 146 Å². The van der Waals surface area contributed by atoms with E-state index in [0.717, 1.165) is 25.7 Å². The number of benzene rings is 1. The van der Waals surface area contributed by atoms with Crippen LogP contribution in [0.2, 0.25) is 0 Å². The summed E-state index contributed by atoms with van der Waals surface area (Å²) in [6.45, 7) is 0.289. The van der Waals surface area contributed by atoms with Gasteiger partial charge in [0, 0.05) is 11.7 Å². The van der Waals surface area contributed by atoms with Crippen molar-refractivity contribution >= 4 is 17.5 Å². The minimum atomic E-state index is -0.678. The van der Waals surface area contributed by atoms with Gasteiger partial charge in [-0.3, -0.25) is 9.59 Å². The Bertz CT molecular complexity index is 769. The molecule has 2 amide bonds. The second-order valence-corrected chi connectivity index (χ2v) is 6.09. The van der Waals surface area contributed by atoms with Crippen molar-refractivity contribution in [3.05, 3.63) is 54.0 Å². The number of carbonyl (C=O) groups excluding carboxylic acids is 2. The second kappa shape index (κ2) is 7.67. The molecule has 128 valence electrons. The van der Waals surface area contributed by atoms with Crippen molar-refractivity contribution < 1.29 is 14.0 Å². The first-order chi connectivity index (χ1) is 12.2. The molecule has 1 aliphatic carbocycles. The SMILES string of the molecule is N#Cc1ccc(NC(=O)C(=O)N(Cc2ccco2)C2CCCC2)cc1. The van der Waals surface area contributed by atoms with Crippen LogP contribution >= 0.6 is 0 Å². The predicted octanol–water partition coefficient (Wildman–Crippen LogP) is 3.06. The van der Waals surface area contributed by atoms with E-state index in [2.05, 4.69) is 5.32 Å². The molecule has 1 aromatic heterocycles. The normalized spacial score (nSPS) is 14.0. The molecule has 0 saturated heterocycles. The first-order valence-corrected chi connectivity index (χ1v) is 8.32. The third kappa shape index (κ3) is 4.07. The van der Waals surface area contributed by atoms with Crippen LogP contribution in [0.1, 0.15) is 37.0 Å². The van der Waals surface area contributed by atoms with E-state index in [-0.39, 0.29) is 12.6 Å². The van der Waals surface area contributed by atoms with Crippen LogP contribution in [0.25, 0.3) is 0 Å². The highest BCUT2D eigenvalue weighted by Gasteiger charge is 2.31. The van der Waals surface area contributed by atoms with Gasteiger partial charge >= 0.3 is 11.8 Å². The molecule has 0 radical (unpaired) electrons. The first kappa shape index (κ1) is 16.8. The summed E-state index contributed by atoms with van der Waals surface area (Å²) < 4.78 is 5.34. The predicted molar refractivity (Wildman–Crippen MR) is 91.3 cm³/mol. The molecule has 25 heavy (non-hydrogen) atoms. The van der Waals surface area contributed by atoms with Crippen molar-refractivity contribution in [1.82, 2.24) is 4.90 Å². The van der Waals surface area contributed by atoms with Gasteiger partial charge < -0.3 is 14.6 Å². The molecule has 1 fully saturated rings. The number of furan rings is 1. The lowest BCUT2D eigenvalue weighted by Crippen LogP contribution is -2.44. The lowest BCUT2D eigenvalue weighted by Gasteiger charge is -2.27. The van der Waals surface area contributed by atoms with E-state index in [1.54, 1.807) is 47.6 Å². The van der Waals surface area contributed by atoms with Gasteiger partial charge in [-0.25, -0.2) is 0 Å². The van der Waals surface area contributed by atoms with Crippen LogP contribution in [0.3, 0.4) is 0 Å². The lowest BCUT2D eigenvalue weighted by atomic mass is 10.2. The fourth-order valence-corrected chi connectivity index (χ4v) is 3.10. The fourth-order valence-electron chi connectivity index (χ4n) is 3.10. The summed E-state index contributed by atoms with van der Waals surface area (Å²) in [4.78, 5) is 26.7. The van der Waals surface area contributed by atoms with Crippen LogP contribution in [0, 0.1) is 11.3 Å². The molecule has 1 heterocycles. The van der Waals surface area contributed by atoms with Crippen molar-refractivity contribution in [3.63, 3.8) is 0 Å². The van der Waals surface area contributed by atoms with Gasteiger partial charge in [-0.2, -0.15) is 5.26 Å². The Balaban J connectivity index is 1.71. The van der Waals surface area contributed by atoms with E-state index in [1.807, 2.05) is 6.07 Å². The summed E-state index contributed by atoms with van der Waals surface area (Å²) in [6, 6.07) is 12.0. The van der Waals surface area contributed by atoms with Crippen molar-refractivity contribution in [2.24, 2.45) is 0 Å². The maximum absolute atomic E-state index is 12.7. The highest BCUT2D eigenvalue weighted by atomic mass is 16.3. The van der Waals surface area contributed by atoms with Gasteiger partial charge in [0.1, 0.15) is 5.76 Å². The minimum absolute atomic E-state index is 0.0596. The zero-order chi connectivity index (χ0) is 17.6. The Hall–Kier alpha value is -3.07. The number of nitrogens with one attached hydrogen (secondary N) is 1. The zero-order valence-corrected chi connectivity index (χ0v) is 13.8. The zero-order valence-electron chi connectivity index (χ0n) is 13.8. The van der Waals surface area contributed by atoms with Gasteiger partial charge in [0.15, 0.2) is 0 Å². The van der Waals surface area contributed by atoms with Gasteiger partial charge in [0.05, 0.1) is 24.4 Å². The number of rotatable bonds is 4. The molecule has 1 saturated carbocycles. The molecule has 1 aliphatic rings. The largest absolute Gasteiger partial charge is 0.467 e. The van der Waals surface area contributed by atoms with Gasteiger partial charge in [0.25, 0.3) is 0 Å². The van der Waals surface area contributed by atoms with Crippen LogP contribution in [-0.4, -0.2) is 22.8 Å². The molecule has 3 rings (SSSR count). The van der Waals surface area contributed by atoms with E-state index in [1.165, 1.54) is 0 Å². The lowest BCUT2D eigenvalue weighted by molar-refractivity contribution is -0.145. The highest BCUT2D eigenvalue weighted by Crippen LogP contribution is 2.25. The molecule has 6 nitrogen and oxygen atoms in total. The monoisotopic (exact) mass is 337 g/mol. The molecule has 1 N–H and O–H groups in total. The summed E-state index contributed by atoms with van der Waals surface area (Å²) >= 11 is 0. The van der Waals surface area contributed by atoms with Gasteiger partial charge in [-0.15, -0.1) is 0 Å². The number of hydrogen-bond acceptors (Lipinski definition) is 4. The summed E-state index contributed by atoms with van der Waals surface area (Å²) in [5.41, 5.74) is 0.983. The van der Waals surface area contributed by atoms with Crippen LogP contribution in [0.4, 0.5) is 5.69 Å². The number of nitriles is 1. The molecule has 0 unspecified atom stereocenters. The first-order valence-electron chi connectivity index (χ1n) is 8.32. The average molecular weight is 337 g/mol. The average Bonchev–Trinajstić information content (AvgIpc) is 3.33. The smallest absolute Gasteiger partial charge is 0.313 e. The fraction of sp³-hybridized carbons (Fsp3) is 0.316. The summed E-state index contributed by atoms with van der Waals surface area (Å²) in [6.07, 6.45) is 5.48. The van der Waals surface area contributed by atoms with Crippen LogP contribution in [0.5, 0.6) is 0 Å². The molecular formula is C19H19N3O3.